The van der Waals surface area contributed by atoms with E-state index in [0.717, 1.165) is 17.5 Å². The second-order valence-electron chi connectivity index (χ2n) is 5.32. The third-order valence-corrected chi connectivity index (χ3v) is 4.79. The van der Waals surface area contributed by atoms with Gasteiger partial charge in [0.1, 0.15) is 5.82 Å². The lowest BCUT2D eigenvalue weighted by Gasteiger charge is -2.06. The Labute approximate surface area is 133 Å². The molecule has 0 aliphatic heterocycles. The van der Waals surface area contributed by atoms with Crippen LogP contribution in [-0.2, 0) is 12.3 Å². The Hall–Kier alpha value is -1.03. The number of benzene rings is 2. The average molecular weight is 322 g/mol. The summed E-state index contributed by atoms with van der Waals surface area (Å²) in [5.74, 6) is 0.392. The summed E-state index contributed by atoms with van der Waals surface area (Å²) >= 11 is 7.52. The van der Waals surface area contributed by atoms with Crippen LogP contribution in [0.1, 0.15) is 24.0 Å². The van der Waals surface area contributed by atoms with Gasteiger partial charge in [-0.15, -0.1) is 11.8 Å². The molecule has 0 heterocycles. The van der Waals surface area contributed by atoms with Crippen molar-refractivity contribution in [2.45, 2.75) is 36.1 Å². The smallest absolute Gasteiger partial charge is 0.127 e. The van der Waals surface area contributed by atoms with Crippen molar-refractivity contribution < 1.29 is 4.39 Å². The third-order valence-electron chi connectivity index (χ3n) is 3.50. The van der Waals surface area contributed by atoms with E-state index in [-0.39, 0.29) is 5.82 Å². The van der Waals surface area contributed by atoms with E-state index in [4.69, 9.17) is 11.6 Å². The van der Waals surface area contributed by atoms with Gasteiger partial charge >= 0.3 is 0 Å². The molecule has 0 spiro atoms. The second-order valence-corrected chi connectivity index (χ2v) is 6.81. The molecule has 1 nitrogen and oxygen atoms in total. The van der Waals surface area contributed by atoms with Crippen LogP contribution in [0.25, 0.3) is 0 Å². The topological polar surface area (TPSA) is 12.0 Å². The molecule has 3 rings (SSSR count). The first-order chi connectivity index (χ1) is 10.2. The number of thioether (sulfide) groups is 1. The molecular weight excluding hydrogens is 305 g/mol. The van der Waals surface area contributed by atoms with Gasteiger partial charge in [-0.1, -0.05) is 23.7 Å². The van der Waals surface area contributed by atoms with Crippen LogP contribution < -0.4 is 5.32 Å². The quantitative estimate of drug-likeness (QED) is 0.749. The van der Waals surface area contributed by atoms with Crippen LogP contribution in [0.15, 0.2) is 47.4 Å². The maximum atomic E-state index is 13.6. The summed E-state index contributed by atoms with van der Waals surface area (Å²) in [6, 6.07) is 13.9. The fourth-order valence-corrected chi connectivity index (χ4v) is 3.13. The van der Waals surface area contributed by atoms with Gasteiger partial charge in [-0.05, 0) is 54.3 Å². The monoisotopic (exact) mass is 321 g/mol. The molecule has 110 valence electrons. The largest absolute Gasteiger partial charge is 0.310 e. The summed E-state index contributed by atoms with van der Waals surface area (Å²) < 4.78 is 13.6. The zero-order valence-electron chi connectivity index (χ0n) is 11.6. The highest BCUT2D eigenvalue weighted by Crippen LogP contribution is 2.26. The number of hydrogen-bond acceptors (Lipinski definition) is 2. The molecule has 0 atom stereocenters. The van der Waals surface area contributed by atoms with Gasteiger partial charge in [-0.2, -0.15) is 0 Å². The molecule has 2 aromatic carbocycles. The van der Waals surface area contributed by atoms with Crippen molar-refractivity contribution in [2.24, 2.45) is 0 Å². The van der Waals surface area contributed by atoms with E-state index >= 15 is 0 Å². The van der Waals surface area contributed by atoms with E-state index in [1.807, 2.05) is 0 Å². The highest BCUT2D eigenvalue weighted by atomic mass is 35.5. The predicted molar refractivity (Wildman–Crippen MR) is 87.3 cm³/mol. The molecular formula is C17H17ClFNS. The van der Waals surface area contributed by atoms with Gasteiger partial charge in [0, 0.05) is 28.3 Å². The molecule has 1 fully saturated rings. The maximum absolute atomic E-state index is 13.6. The fourth-order valence-electron chi connectivity index (χ4n) is 2.07. The molecule has 0 aromatic heterocycles. The van der Waals surface area contributed by atoms with Crippen LogP contribution in [0.3, 0.4) is 0 Å². The van der Waals surface area contributed by atoms with E-state index in [2.05, 4.69) is 29.6 Å². The molecule has 0 amide bonds. The number of hydrogen-bond donors (Lipinski definition) is 1. The minimum Gasteiger partial charge on any atom is -0.310 e. The molecule has 0 unspecified atom stereocenters. The average Bonchev–Trinajstić information content (AvgIpc) is 3.31. The molecule has 1 aliphatic rings. The van der Waals surface area contributed by atoms with Gasteiger partial charge in [-0.3, -0.25) is 0 Å². The Morgan fingerprint density at radius 2 is 1.90 bits per heavy atom. The summed E-state index contributed by atoms with van der Waals surface area (Å²) in [5, 5.41) is 4.07. The standard InChI is InChI=1S/C17H17ClFNS/c18-14-3-8-17(19)13(9-14)11-21-16-6-1-12(2-7-16)10-20-15-4-5-15/h1-3,6-9,15,20H,4-5,10-11H2. The van der Waals surface area contributed by atoms with Crippen LogP contribution in [0.4, 0.5) is 4.39 Å². The Bertz CT molecular complexity index is 611. The van der Waals surface area contributed by atoms with Gasteiger partial charge in [0.2, 0.25) is 0 Å². The number of nitrogens with one attached hydrogen (secondary N) is 1. The van der Waals surface area contributed by atoms with Crippen LogP contribution in [-0.4, -0.2) is 6.04 Å². The molecule has 0 saturated heterocycles. The molecule has 1 saturated carbocycles. The van der Waals surface area contributed by atoms with Crippen LogP contribution >= 0.6 is 23.4 Å². The fraction of sp³-hybridized carbons (Fsp3) is 0.294. The SMILES string of the molecule is Fc1ccc(Cl)cc1CSc1ccc(CNC2CC2)cc1. The van der Waals surface area contributed by atoms with E-state index in [9.17, 15) is 4.39 Å². The van der Waals surface area contributed by atoms with Crippen LogP contribution in [0.5, 0.6) is 0 Å². The summed E-state index contributed by atoms with van der Waals surface area (Å²) in [6.07, 6.45) is 2.61. The third kappa shape index (κ3) is 4.47. The Morgan fingerprint density at radius 3 is 2.62 bits per heavy atom. The lowest BCUT2D eigenvalue weighted by Crippen LogP contribution is -2.14. The van der Waals surface area contributed by atoms with Crippen molar-refractivity contribution in [2.75, 3.05) is 0 Å². The van der Waals surface area contributed by atoms with E-state index in [0.29, 0.717) is 16.3 Å². The maximum Gasteiger partial charge on any atom is 0.127 e. The summed E-state index contributed by atoms with van der Waals surface area (Å²) in [7, 11) is 0. The van der Waals surface area contributed by atoms with Crippen molar-refractivity contribution >= 4 is 23.4 Å². The van der Waals surface area contributed by atoms with Gasteiger partial charge in [0.05, 0.1) is 0 Å². The summed E-state index contributed by atoms with van der Waals surface area (Å²) in [4.78, 5) is 1.14. The van der Waals surface area contributed by atoms with E-state index in [1.165, 1.54) is 24.5 Å². The molecule has 4 heteroatoms. The zero-order valence-corrected chi connectivity index (χ0v) is 13.2. The first kappa shape index (κ1) is 14.9. The van der Waals surface area contributed by atoms with Gasteiger partial charge in [0.25, 0.3) is 0 Å². The summed E-state index contributed by atoms with van der Waals surface area (Å²) in [6.45, 7) is 0.929. The van der Waals surface area contributed by atoms with Crippen LogP contribution in [0, 0.1) is 5.82 Å². The Kier molecular flexibility index (Phi) is 4.84. The molecule has 21 heavy (non-hydrogen) atoms. The zero-order chi connectivity index (χ0) is 14.7. The molecule has 0 radical (unpaired) electrons. The van der Waals surface area contributed by atoms with Crippen LogP contribution in [0.2, 0.25) is 5.02 Å². The van der Waals surface area contributed by atoms with Gasteiger partial charge in [-0.25, -0.2) is 4.39 Å². The summed E-state index contributed by atoms with van der Waals surface area (Å²) in [5.41, 5.74) is 1.94. The first-order valence-electron chi connectivity index (χ1n) is 7.10. The minimum absolute atomic E-state index is 0.197. The number of halogens is 2. The number of rotatable bonds is 6. The molecule has 1 N–H and O–H groups in total. The van der Waals surface area contributed by atoms with E-state index < -0.39 is 0 Å². The van der Waals surface area contributed by atoms with Crippen molar-refractivity contribution in [1.82, 2.24) is 5.32 Å². The second kappa shape index (κ2) is 6.82. The Balaban J connectivity index is 1.55. The predicted octanol–water partition coefficient (Wildman–Crippen LogP) is 5.02. The first-order valence-corrected chi connectivity index (χ1v) is 8.46. The highest BCUT2D eigenvalue weighted by molar-refractivity contribution is 7.98. The van der Waals surface area contributed by atoms with Crippen molar-refractivity contribution in [3.63, 3.8) is 0 Å². The Morgan fingerprint density at radius 1 is 1.14 bits per heavy atom. The normalized spacial score (nSPS) is 14.4. The van der Waals surface area contributed by atoms with Crippen molar-refractivity contribution in [1.29, 1.82) is 0 Å². The highest BCUT2D eigenvalue weighted by Gasteiger charge is 2.19. The van der Waals surface area contributed by atoms with E-state index in [1.54, 1.807) is 23.9 Å². The lowest BCUT2D eigenvalue weighted by atomic mass is 10.2. The molecule has 1 aliphatic carbocycles. The van der Waals surface area contributed by atoms with Crippen molar-refractivity contribution in [3.05, 3.63) is 64.4 Å². The van der Waals surface area contributed by atoms with Gasteiger partial charge in [0.15, 0.2) is 0 Å². The van der Waals surface area contributed by atoms with Crippen molar-refractivity contribution in [3.8, 4) is 0 Å². The minimum atomic E-state index is -0.197. The lowest BCUT2D eigenvalue weighted by molar-refractivity contribution is 0.617. The molecule has 0 bridgehead atoms. The molecule has 2 aromatic rings. The van der Waals surface area contributed by atoms with Gasteiger partial charge < -0.3 is 5.32 Å².